The van der Waals surface area contributed by atoms with Crippen molar-refractivity contribution in [1.29, 1.82) is 0 Å². The molecule has 0 spiro atoms. The van der Waals surface area contributed by atoms with E-state index in [0.29, 0.717) is 18.2 Å². The maximum absolute atomic E-state index is 12.6. The number of hydrogen-bond acceptors (Lipinski definition) is 3. The summed E-state index contributed by atoms with van der Waals surface area (Å²) in [6.07, 6.45) is 0. The van der Waals surface area contributed by atoms with E-state index in [0.717, 1.165) is 43.2 Å². The number of anilines is 1. The Labute approximate surface area is 172 Å². The summed E-state index contributed by atoms with van der Waals surface area (Å²) in [5, 5.41) is 3.71. The Bertz CT molecular complexity index is 791. The Kier molecular flexibility index (Phi) is 7.18. The Balaban J connectivity index is 1.53. The Morgan fingerprint density at radius 1 is 1.18 bits per heavy atom. The summed E-state index contributed by atoms with van der Waals surface area (Å²) in [5.74, 6) is 0.997. The smallest absolute Gasteiger partial charge is 0.278 e. The zero-order chi connectivity index (χ0) is 19.9. The lowest BCUT2D eigenvalue weighted by molar-refractivity contribution is -0.914. The largest absolute Gasteiger partial charge is 0.492 e. The van der Waals surface area contributed by atoms with E-state index in [4.69, 9.17) is 16.3 Å². The Hall–Kier alpha value is -2.24. The van der Waals surface area contributed by atoms with Crippen molar-refractivity contribution in [2.45, 2.75) is 26.4 Å². The van der Waals surface area contributed by atoms with Gasteiger partial charge >= 0.3 is 0 Å². The number of rotatable bonds is 7. The van der Waals surface area contributed by atoms with Crippen molar-refractivity contribution in [3.63, 3.8) is 0 Å². The van der Waals surface area contributed by atoms with E-state index in [1.807, 2.05) is 56.3 Å². The second-order valence-electron chi connectivity index (χ2n) is 7.08. The zero-order valence-corrected chi connectivity index (χ0v) is 17.3. The van der Waals surface area contributed by atoms with Crippen molar-refractivity contribution in [3.05, 3.63) is 59.1 Å². The Morgan fingerprint density at radius 2 is 1.86 bits per heavy atom. The van der Waals surface area contributed by atoms with Crippen LogP contribution in [0.3, 0.4) is 0 Å². The number of quaternary nitrogens is 1. The van der Waals surface area contributed by atoms with Gasteiger partial charge in [0.1, 0.15) is 5.75 Å². The first-order valence-corrected chi connectivity index (χ1v) is 10.3. The lowest BCUT2D eigenvalue weighted by Crippen LogP contribution is -3.19. The number of hydrogen-bond donors (Lipinski definition) is 2. The van der Waals surface area contributed by atoms with Crippen LogP contribution in [-0.2, 0) is 11.3 Å². The molecule has 2 aromatic carbocycles. The van der Waals surface area contributed by atoms with Crippen LogP contribution in [0.2, 0.25) is 5.02 Å². The molecule has 0 bridgehead atoms. The molecule has 0 radical (unpaired) electrons. The molecule has 1 aliphatic rings. The molecular formula is C22H29ClN3O2+. The molecule has 5 nitrogen and oxygen atoms in total. The molecule has 1 heterocycles. The van der Waals surface area contributed by atoms with E-state index in [1.54, 1.807) is 0 Å². The molecule has 1 atom stereocenters. The number of amides is 1. The van der Waals surface area contributed by atoms with Crippen LogP contribution >= 0.6 is 11.6 Å². The molecule has 150 valence electrons. The van der Waals surface area contributed by atoms with Crippen molar-refractivity contribution in [2.75, 3.05) is 37.7 Å². The van der Waals surface area contributed by atoms with E-state index in [2.05, 4.69) is 16.3 Å². The second-order valence-corrected chi connectivity index (χ2v) is 7.48. The molecular weight excluding hydrogens is 374 g/mol. The number of benzene rings is 2. The first-order valence-electron chi connectivity index (χ1n) is 9.92. The summed E-state index contributed by atoms with van der Waals surface area (Å²) in [6, 6.07) is 15.7. The molecule has 0 unspecified atom stereocenters. The molecule has 28 heavy (non-hydrogen) atoms. The molecule has 0 aromatic heterocycles. The maximum atomic E-state index is 12.6. The second kappa shape index (κ2) is 9.80. The van der Waals surface area contributed by atoms with Gasteiger partial charge in [-0.05, 0) is 37.6 Å². The van der Waals surface area contributed by atoms with Gasteiger partial charge in [0, 0.05) is 11.6 Å². The van der Waals surface area contributed by atoms with Crippen LogP contribution < -0.4 is 19.9 Å². The van der Waals surface area contributed by atoms with Gasteiger partial charge in [-0.25, -0.2) is 0 Å². The molecule has 0 saturated carbocycles. The summed E-state index contributed by atoms with van der Waals surface area (Å²) >= 11 is 6.17. The van der Waals surface area contributed by atoms with Crippen molar-refractivity contribution in [2.24, 2.45) is 0 Å². The van der Waals surface area contributed by atoms with E-state index in [-0.39, 0.29) is 11.9 Å². The average Bonchev–Trinajstić information content (AvgIpc) is 2.73. The maximum Gasteiger partial charge on any atom is 0.278 e. The van der Waals surface area contributed by atoms with Gasteiger partial charge in [0.15, 0.2) is 6.04 Å². The van der Waals surface area contributed by atoms with Crippen molar-refractivity contribution in [1.82, 2.24) is 5.32 Å². The van der Waals surface area contributed by atoms with Crippen LogP contribution in [0.15, 0.2) is 48.5 Å². The lowest BCUT2D eigenvalue weighted by atomic mass is 10.1. The number of nitrogens with one attached hydrogen (secondary N) is 2. The summed E-state index contributed by atoms with van der Waals surface area (Å²) in [5.41, 5.74) is 2.08. The molecule has 1 fully saturated rings. The van der Waals surface area contributed by atoms with Gasteiger partial charge in [0.05, 0.1) is 38.5 Å². The molecule has 0 aliphatic carbocycles. The third-order valence-electron chi connectivity index (χ3n) is 5.33. The topological polar surface area (TPSA) is 46.0 Å². The van der Waals surface area contributed by atoms with Crippen LogP contribution in [-0.4, -0.2) is 44.7 Å². The SMILES string of the molecule is CCOc1ccccc1N1CC[NH+]([C@H](C)C(=O)NCc2ccccc2Cl)CC1. The molecule has 1 aliphatic heterocycles. The van der Waals surface area contributed by atoms with Crippen molar-refractivity contribution < 1.29 is 14.4 Å². The predicted octanol–water partition coefficient (Wildman–Crippen LogP) is 2.15. The van der Waals surface area contributed by atoms with Gasteiger partial charge in [-0.2, -0.15) is 0 Å². The first-order chi connectivity index (χ1) is 13.6. The zero-order valence-electron chi connectivity index (χ0n) is 16.6. The standard InChI is InChI=1S/C22H28ClN3O2/c1-3-28-21-11-7-6-10-20(21)26-14-12-25(13-15-26)17(2)22(27)24-16-18-8-4-5-9-19(18)23/h4-11,17H,3,12-16H2,1-2H3,(H,24,27)/p+1/t17-/m1/s1. The van der Waals surface area contributed by atoms with Crippen molar-refractivity contribution in [3.8, 4) is 5.75 Å². The van der Waals surface area contributed by atoms with E-state index < -0.39 is 0 Å². The minimum absolute atomic E-state index is 0.0677. The number of ether oxygens (including phenoxy) is 1. The van der Waals surface area contributed by atoms with E-state index >= 15 is 0 Å². The van der Waals surface area contributed by atoms with E-state index in [1.165, 1.54) is 4.90 Å². The molecule has 1 amide bonds. The van der Waals surface area contributed by atoms with Crippen LogP contribution in [0, 0.1) is 0 Å². The molecule has 1 saturated heterocycles. The third-order valence-corrected chi connectivity index (χ3v) is 5.70. The van der Waals surface area contributed by atoms with E-state index in [9.17, 15) is 4.79 Å². The predicted molar refractivity (Wildman–Crippen MR) is 113 cm³/mol. The molecule has 2 aromatic rings. The number of carbonyl (C=O) groups is 1. The summed E-state index contributed by atoms with van der Waals surface area (Å²) < 4.78 is 5.76. The number of para-hydroxylation sites is 2. The number of piperazine rings is 1. The summed E-state index contributed by atoms with van der Waals surface area (Å²) in [4.78, 5) is 16.3. The fourth-order valence-electron chi connectivity index (χ4n) is 3.63. The number of halogens is 1. The van der Waals surface area contributed by atoms with Gasteiger partial charge in [-0.1, -0.05) is 41.9 Å². The van der Waals surface area contributed by atoms with Crippen molar-refractivity contribution >= 4 is 23.2 Å². The Morgan fingerprint density at radius 3 is 2.57 bits per heavy atom. The van der Waals surface area contributed by atoms with Gasteiger partial charge in [0.2, 0.25) is 0 Å². The highest BCUT2D eigenvalue weighted by Crippen LogP contribution is 2.27. The average molecular weight is 403 g/mol. The molecule has 3 rings (SSSR count). The third kappa shape index (κ3) is 4.97. The minimum atomic E-state index is -0.0910. The highest BCUT2D eigenvalue weighted by molar-refractivity contribution is 6.31. The van der Waals surface area contributed by atoms with Crippen LogP contribution in [0.1, 0.15) is 19.4 Å². The highest BCUT2D eigenvalue weighted by atomic mass is 35.5. The number of carbonyl (C=O) groups excluding carboxylic acids is 1. The van der Waals surface area contributed by atoms with Crippen LogP contribution in [0.4, 0.5) is 5.69 Å². The van der Waals surface area contributed by atoms with Gasteiger partial charge in [-0.15, -0.1) is 0 Å². The molecule has 6 heteroatoms. The molecule has 2 N–H and O–H groups in total. The van der Waals surface area contributed by atoms with Gasteiger partial charge in [-0.3, -0.25) is 4.79 Å². The summed E-state index contributed by atoms with van der Waals surface area (Å²) in [7, 11) is 0. The monoisotopic (exact) mass is 402 g/mol. The minimum Gasteiger partial charge on any atom is -0.492 e. The van der Waals surface area contributed by atoms with Crippen LogP contribution in [0.5, 0.6) is 5.75 Å². The first kappa shape index (κ1) is 20.5. The summed E-state index contributed by atoms with van der Waals surface area (Å²) in [6.45, 7) is 8.77. The normalized spacial score (nSPS) is 15.9. The fourth-order valence-corrected chi connectivity index (χ4v) is 3.83. The lowest BCUT2D eigenvalue weighted by Gasteiger charge is -2.36. The van der Waals surface area contributed by atoms with Crippen LogP contribution in [0.25, 0.3) is 0 Å². The quantitative estimate of drug-likeness (QED) is 0.746. The van der Waals surface area contributed by atoms with Gasteiger partial charge in [0.25, 0.3) is 5.91 Å². The van der Waals surface area contributed by atoms with Gasteiger partial charge < -0.3 is 19.9 Å². The highest BCUT2D eigenvalue weighted by Gasteiger charge is 2.29. The number of nitrogens with zero attached hydrogens (tertiary/aromatic N) is 1. The fraction of sp³-hybridized carbons (Fsp3) is 0.409.